The molecule has 0 saturated heterocycles. The van der Waals surface area contributed by atoms with Gasteiger partial charge in [-0.2, -0.15) is 0 Å². The molecular formula is C35H38NS+. The monoisotopic (exact) mass is 504 g/mol. The standard InChI is InChI=1S/C35H38NS/c1-21-24-11-9-10-12-25(24)28(20-35(5,6)7)33-30(21)32-31-26(15-16-36(32)8)27-17-22(19-34(2,3)4)13-14-23(27)18-29(31)37-33/h9-18H,19-20H2,1-8H3/q+1. The Balaban J connectivity index is 1.72. The maximum atomic E-state index is 2.45. The van der Waals surface area contributed by atoms with E-state index in [4.69, 9.17) is 0 Å². The first-order chi connectivity index (χ1) is 17.4. The highest BCUT2D eigenvalue weighted by Crippen LogP contribution is 2.53. The maximum absolute atomic E-state index is 2.45. The van der Waals surface area contributed by atoms with E-state index >= 15 is 0 Å². The molecule has 1 aliphatic heterocycles. The van der Waals surface area contributed by atoms with E-state index in [1.54, 1.807) is 0 Å². The first kappa shape index (κ1) is 24.5. The van der Waals surface area contributed by atoms with Crippen molar-refractivity contribution in [2.24, 2.45) is 17.9 Å². The lowest BCUT2D eigenvalue weighted by molar-refractivity contribution is -0.659. The van der Waals surface area contributed by atoms with E-state index in [2.05, 4.69) is 121 Å². The molecule has 0 saturated carbocycles. The fraction of sp³-hybridized carbons (Fsp3) is 0.343. The molecule has 0 atom stereocenters. The van der Waals surface area contributed by atoms with Crippen molar-refractivity contribution in [1.29, 1.82) is 0 Å². The third-order valence-electron chi connectivity index (χ3n) is 7.69. The predicted molar refractivity (Wildman–Crippen MR) is 161 cm³/mol. The Morgan fingerprint density at radius 3 is 2.16 bits per heavy atom. The van der Waals surface area contributed by atoms with Crippen LogP contribution in [0.5, 0.6) is 0 Å². The molecule has 1 aliphatic rings. The van der Waals surface area contributed by atoms with Crippen LogP contribution < -0.4 is 4.57 Å². The fourth-order valence-electron chi connectivity index (χ4n) is 6.27. The van der Waals surface area contributed by atoms with Gasteiger partial charge in [-0.1, -0.05) is 95.8 Å². The largest absolute Gasteiger partial charge is 0.222 e. The molecule has 0 aliphatic carbocycles. The van der Waals surface area contributed by atoms with Crippen molar-refractivity contribution in [3.8, 4) is 11.3 Å². The highest BCUT2D eigenvalue weighted by Gasteiger charge is 2.33. The van der Waals surface area contributed by atoms with E-state index in [1.807, 2.05) is 11.8 Å². The van der Waals surface area contributed by atoms with Gasteiger partial charge in [0.25, 0.3) is 0 Å². The number of aromatic nitrogens is 1. The molecule has 0 amide bonds. The summed E-state index contributed by atoms with van der Waals surface area (Å²) >= 11 is 2.00. The number of hydrogen-bond donors (Lipinski definition) is 0. The Bertz CT molecular complexity index is 1730. The quantitative estimate of drug-likeness (QED) is 0.168. The van der Waals surface area contributed by atoms with Gasteiger partial charge in [0.15, 0.2) is 6.20 Å². The van der Waals surface area contributed by atoms with Crippen LogP contribution in [0.4, 0.5) is 0 Å². The van der Waals surface area contributed by atoms with Crippen LogP contribution in [-0.2, 0) is 19.9 Å². The Morgan fingerprint density at radius 1 is 0.757 bits per heavy atom. The molecule has 0 unspecified atom stereocenters. The molecule has 5 aromatic rings. The normalized spacial score (nSPS) is 13.5. The number of benzene rings is 4. The number of rotatable bonds is 2. The summed E-state index contributed by atoms with van der Waals surface area (Å²) in [5, 5.41) is 8.29. The molecule has 2 heteroatoms. The van der Waals surface area contributed by atoms with Gasteiger partial charge in [0.1, 0.15) is 7.05 Å². The maximum Gasteiger partial charge on any atom is 0.222 e. The highest BCUT2D eigenvalue weighted by molar-refractivity contribution is 8.00. The van der Waals surface area contributed by atoms with Crippen molar-refractivity contribution in [2.75, 3.05) is 0 Å². The van der Waals surface area contributed by atoms with Gasteiger partial charge < -0.3 is 0 Å². The molecule has 0 spiro atoms. The number of pyridine rings is 1. The van der Waals surface area contributed by atoms with Gasteiger partial charge >= 0.3 is 0 Å². The predicted octanol–water partition coefficient (Wildman–Crippen LogP) is 9.59. The molecular weight excluding hydrogens is 466 g/mol. The molecule has 0 bridgehead atoms. The lowest BCUT2D eigenvalue weighted by Gasteiger charge is -2.28. The van der Waals surface area contributed by atoms with Gasteiger partial charge in [0.05, 0.1) is 10.9 Å². The van der Waals surface area contributed by atoms with Crippen LogP contribution >= 0.6 is 11.8 Å². The molecule has 0 fully saturated rings. The van der Waals surface area contributed by atoms with Gasteiger partial charge in [-0.3, -0.25) is 0 Å². The van der Waals surface area contributed by atoms with Gasteiger partial charge in [0.2, 0.25) is 5.69 Å². The zero-order chi connectivity index (χ0) is 26.3. The minimum atomic E-state index is 0.202. The Morgan fingerprint density at radius 2 is 1.46 bits per heavy atom. The third-order valence-corrected chi connectivity index (χ3v) is 8.88. The van der Waals surface area contributed by atoms with Crippen LogP contribution in [0.1, 0.15) is 58.2 Å². The summed E-state index contributed by atoms with van der Waals surface area (Å²) in [6.45, 7) is 16.4. The van der Waals surface area contributed by atoms with Gasteiger partial charge in [0, 0.05) is 21.2 Å². The number of aryl methyl sites for hydroxylation is 2. The van der Waals surface area contributed by atoms with Crippen LogP contribution in [0, 0.1) is 17.8 Å². The third kappa shape index (κ3) is 4.14. The number of hydrogen-bond acceptors (Lipinski definition) is 1. The zero-order valence-corrected chi connectivity index (χ0v) is 24.4. The molecule has 4 aromatic carbocycles. The van der Waals surface area contributed by atoms with E-state index in [1.165, 1.54) is 70.1 Å². The molecule has 1 nitrogen and oxygen atoms in total. The van der Waals surface area contributed by atoms with Crippen LogP contribution in [0.2, 0.25) is 0 Å². The minimum Gasteiger partial charge on any atom is -0.200 e. The average Bonchev–Trinajstić information content (AvgIpc) is 2.81. The summed E-state index contributed by atoms with van der Waals surface area (Å²) in [6, 6.07) is 20.9. The van der Waals surface area contributed by atoms with Gasteiger partial charge in [-0.15, -0.1) is 0 Å². The van der Waals surface area contributed by atoms with E-state index in [0.29, 0.717) is 0 Å². The molecule has 188 valence electrons. The zero-order valence-electron chi connectivity index (χ0n) is 23.5. The van der Waals surface area contributed by atoms with Crippen LogP contribution in [0.3, 0.4) is 0 Å². The topological polar surface area (TPSA) is 3.88 Å². The fourth-order valence-corrected chi connectivity index (χ4v) is 7.64. The lowest BCUT2D eigenvalue weighted by Crippen LogP contribution is -2.32. The molecule has 37 heavy (non-hydrogen) atoms. The van der Waals surface area contributed by atoms with E-state index in [9.17, 15) is 0 Å². The molecule has 2 heterocycles. The Hall–Kier alpha value is -2.84. The van der Waals surface area contributed by atoms with Crippen molar-refractivity contribution in [3.63, 3.8) is 0 Å². The second-order valence-electron chi connectivity index (χ2n) is 13.4. The summed E-state index contributed by atoms with van der Waals surface area (Å²) in [4.78, 5) is 2.83. The minimum absolute atomic E-state index is 0.202. The second kappa shape index (κ2) is 8.33. The summed E-state index contributed by atoms with van der Waals surface area (Å²) < 4.78 is 2.36. The van der Waals surface area contributed by atoms with Crippen molar-refractivity contribution in [2.45, 2.75) is 71.1 Å². The molecule has 1 aromatic heterocycles. The van der Waals surface area contributed by atoms with Crippen molar-refractivity contribution >= 4 is 44.1 Å². The molecule has 0 N–H and O–H groups in total. The Labute approximate surface area is 225 Å². The summed E-state index contributed by atoms with van der Waals surface area (Å²) in [5.41, 5.74) is 7.57. The molecule has 0 radical (unpaired) electrons. The summed E-state index contributed by atoms with van der Waals surface area (Å²) in [5.74, 6) is 0. The second-order valence-corrected chi connectivity index (χ2v) is 14.5. The van der Waals surface area contributed by atoms with E-state index in [-0.39, 0.29) is 10.8 Å². The lowest BCUT2D eigenvalue weighted by atomic mass is 9.83. The van der Waals surface area contributed by atoms with Crippen LogP contribution in [0.25, 0.3) is 43.6 Å². The van der Waals surface area contributed by atoms with Gasteiger partial charge in [-0.05, 0) is 74.9 Å². The SMILES string of the molecule is Cc1c2c(c(CC(C)(C)C)c3ccccc13)Sc1cc3ccc(CC(C)(C)C)cc3c3cc[n+](C)c-2c13. The van der Waals surface area contributed by atoms with E-state index in [0.717, 1.165) is 12.8 Å². The highest BCUT2D eigenvalue weighted by atomic mass is 32.2. The van der Waals surface area contributed by atoms with Crippen molar-refractivity contribution in [3.05, 3.63) is 77.5 Å². The van der Waals surface area contributed by atoms with E-state index < -0.39 is 0 Å². The summed E-state index contributed by atoms with van der Waals surface area (Å²) in [7, 11) is 2.22. The first-order valence-electron chi connectivity index (χ1n) is 13.5. The summed E-state index contributed by atoms with van der Waals surface area (Å²) in [6.07, 6.45) is 4.41. The Kier molecular flexibility index (Phi) is 5.52. The van der Waals surface area contributed by atoms with Crippen molar-refractivity contribution < 1.29 is 4.57 Å². The average molecular weight is 505 g/mol. The van der Waals surface area contributed by atoms with Crippen LogP contribution in [-0.4, -0.2) is 0 Å². The molecule has 6 rings (SSSR count). The van der Waals surface area contributed by atoms with Gasteiger partial charge in [-0.25, -0.2) is 4.57 Å². The first-order valence-corrected chi connectivity index (χ1v) is 14.3. The number of fused-ring (bicyclic) bond motifs is 5. The smallest absolute Gasteiger partial charge is 0.200 e. The number of nitrogens with zero attached hydrogens (tertiary/aromatic N) is 1. The van der Waals surface area contributed by atoms with Crippen LogP contribution in [0.15, 0.2) is 70.6 Å². The van der Waals surface area contributed by atoms with Crippen molar-refractivity contribution in [1.82, 2.24) is 0 Å².